The third-order valence-corrected chi connectivity index (χ3v) is 7.21. The first-order valence-electron chi connectivity index (χ1n) is 13.0. The number of unbranched alkanes of at least 4 members (excludes halogenated alkanes) is 3. The van der Waals surface area contributed by atoms with Crippen LogP contribution in [0.3, 0.4) is 0 Å². The van der Waals surface area contributed by atoms with Gasteiger partial charge in [0.1, 0.15) is 12.2 Å². The summed E-state index contributed by atoms with van der Waals surface area (Å²) in [6, 6.07) is 2.45. The zero-order valence-electron chi connectivity index (χ0n) is 22.2. The minimum absolute atomic E-state index is 0.0203. The van der Waals surface area contributed by atoms with Gasteiger partial charge in [0, 0.05) is 31.5 Å². The summed E-state index contributed by atoms with van der Waals surface area (Å²) in [4.78, 5) is 39.9. The molecule has 3 unspecified atom stereocenters. The first-order chi connectivity index (χ1) is 18.2. The molecule has 0 saturated heterocycles. The lowest BCUT2D eigenvalue weighted by Gasteiger charge is -2.40. The van der Waals surface area contributed by atoms with E-state index in [0.29, 0.717) is 27.1 Å². The SMILES string of the molecule is CCCCCCN(C(=O)C(=O)CC)C1CC(C(=O)NCCO)=CC(Oc2c(I)cc(CO)cc2OC)C1O. The topological polar surface area (TPSA) is 146 Å². The van der Waals surface area contributed by atoms with Gasteiger partial charge in [-0.25, -0.2) is 0 Å². The van der Waals surface area contributed by atoms with E-state index in [4.69, 9.17) is 14.6 Å². The van der Waals surface area contributed by atoms with Gasteiger partial charge in [-0.15, -0.1) is 0 Å². The molecule has 38 heavy (non-hydrogen) atoms. The number of aliphatic hydroxyl groups is 3. The number of methoxy groups -OCH3 is 1. The second-order valence-electron chi connectivity index (χ2n) is 9.12. The second-order valence-corrected chi connectivity index (χ2v) is 10.3. The predicted molar refractivity (Wildman–Crippen MR) is 150 cm³/mol. The van der Waals surface area contributed by atoms with Crippen molar-refractivity contribution in [1.29, 1.82) is 0 Å². The lowest BCUT2D eigenvalue weighted by Crippen LogP contribution is -2.56. The van der Waals surface area contributed by atoms with E-state index in [0.717, 1.165) is 19.3 Å². The van der Waals surface area contributed by atoms with E-state index < -0.39 is 35.8 Å². The van der Waals surface area contributed by atoms with Crippen molar-refractivity contribution < 1.29 is 39.2 Å². The van der Waals surface area contributed by atoms with Gasteiger partial charge in [0.05, 0.1) is 29.9 Å². The van der Waals surface area contributed by atoms with Crippen LogP contribution in [0.2, 0.25) is 0 Å². The van der Waals surface area contributed by atoms with Crippen LogP contribution < -0.4 is 14.8 Å². The maximum atomic E-state index is 13.1. The Hall–Kier alpha value is -2.22. The first-order valence-corrected chi connectivity index (χ1v) is 14.1. The number of Topliss-reactive ketones (excluding diaryl/α,β-unsaturated/α-hetero) is 1. The summed E-state index contributed by atoms with van der Waals surface area (Å²) in [6.07, 6.45) is 2.73. The number of ether oxygens (including phenoxy) is 2. The Kier molecular flexibility index (Phi) is 13.5. The van der Waals surface area contributed by atoms with Gasteiger partial charge in [0.25, 0.3) is 5.91 Å². The van der Waals surface area contributed by atoms with E-state index in [1.165, 1.54) is 18.1 Å². The first kappa shape index (κ1) is 32.0. The van der Waals surface area contributed by atoms with Gasteiger partial charge in [-0.3, -0.25) is 14.4 Å². The molecule has 1 aliphatic rings. The molecule has 10 nitrogen and oxygen atoms in total. The molecule has 0 radical (unpaired) electrons. The normalized spacial score (nSPS) is 18.9. The number of nitrogens with zero attached hydrogens (tertiary/aromatic N) is 1. The van der Waals surface area contributed by atoms with Gasteiger partial charge in [-0.2, -0.15) is 0 Å². The highest BCUT2D eigenvalue weighted by molar-refractivity contribution is 14.1. The third kappa shape index (κ3) is 8.39. The molecular formula is C27H39IN2O8. The van der Waals surface area contributed by atoms with Crippen LogP contribution in [0.5, 0.6) is 11.5 Å². The molecule has 4 N–H and O–H groups in total. The molecule has 1 aromatic rings. The van der Waals surface area contributed by atoms with Crippen molar-refractivity contribution in [2.45, 2.75) is 77.2 Å². The van der Waals surface area contributed by atoms with Crippen molar-refractivity contribution in [3.05, 3.63) is 32.9 Å². The van der Waals surface area contributed by atoms with Gasteiger partial charge >= 0.3 is 0 Å². The van der Waals surface area contributed by atoms with Crippen molar-refractivity contribution in [1.82, 2.24) is 10.2 Å². The standard InChI is InChI=1S/C27H39IN2O8/c1-4-6-7-8-10-30(27(36)21(33)5-2)20-14-18(26(35)29-9-11-31)15-22(24(20)34)38-25-19(28)12-17(16-32)13-23(25)37-3/h12-13,15,20,22,24,31-32,34H,4-11,14,16H2,1-3H3,(H,29,35). The summed E-state index contributed by atoms with van der Waals surface area (Å²) >= 11 is 2.03. The second kappa shape index (κ2) is 16.0. The minimum atomic E-state index is -1.25. The molecule has 0 bridgehead atoms. The highest BCUT2D eigenvalue weighted by atomic mass is 127. The summed E-state index contributed by atoms with van der Waals surface area (Å²) in [5.74, 6) is -1.07. The van der Waals surface area contributed by atoms with E-state index >= 15 is 0 Å². The molecule has 1 aliphatic carbocycles. The Bertz CT molecular complexity index is 1000. The zero-order chi connectivity index (χ0) is 28.2. The van der Waals surface area contributed by atoms with E-state index in [1.807, 2.05) is 22.6 Å². The number of aliphatic hydroxyl groups excluding tert-OH is 3. The highest BCUT2D eigenvalue weighted by Crippen LogP contribution is 2.37. The Morgan fingerprint density at radius 2 is 1.89 bits per heavy atom. The molecule has 3 atom stereocenters. The molecular weight excluding hydrogens is 607 g/mol. The van der Waals surface area contributed by atoms with Crippen molar-refractivity contribution in [3.63, 3.8) is 0 Å². The van der Waals surface area contributed by atoms with E-state index in [1.54, 1.807) is 19.1 Å². The number of benzene rings is 1. The molecule has 0 fully saturated rings. The minimum Gasteiger partial charge on any atom is -0.493 e. The Labute approximate surface area is 237 Å². The van der Waals surface area contributed by atoms with Crippen LogP contribution in [0, 0.1) is 3.57 Å². The largest absolute Gasteiger partial charge is 0.493 e. The molecule has 11 heteroatoms. The quantitative estimate of drug-likeness (QED) is 0.129. The van der Waals surface area contributed by atoms with Gasteiger partial charge < -0.3 is 35.0 Å². The summed E-state index contributed by atoms with van der Waals surface area (Å²) in [5.41, 5.74) is 0.886. The lowest BCUT2D eigenvalue weighted by molar-refractivity contribution is -0.149. The molecule has 0 spiro atoms. The Morgan fingerprint density at radius 3 is 2.50 bits per heavy atom. The highest BCUT2D eigenvalue weighted by Gasteiger charge is 2.41. The van der Waals surface area contributed by atoms with Gasteiger partial charge in [-0.1, -0.05) is 33.1 Å². The summed E-state index contributed by atoms with van der Waals surface area (Å²) < 4.78 is 12.3. The summed E-state index contributed by atoms with van der Waals surface area (Å²) in [7, 11) is 1.45. The predicted octanol–water partition coefficient (Wildman–Crippen LogP) is 2.10. The molecule has 1 aromatic carbocycles. The Balaban J connectivity index is 2.49. The molecule has 0 aliphatic heterocycles. The fourth-order valence-corrected chi connectivity index (χ4v) is 5.13. The average Bonchev–Trinajstić information content (AvgIpc) is 2.92. The van der Waals surface area contributed by atoms with Gasteiger partial charge in [0.2, 0.25) is 11.7 Å². The van der Waals surface area contributed by atoms with Crippen LogP contribution in [-0.2, 0) is 21.0 Å². The van der Waals surface area contributed by atoms with Gasteiger partial charge in [-0.05, 0) is 52.8 Å². The Morgan fingerprint density at radius 1 is 1.16 bits per heavy atom. The number of nitrogens with one attached hydrogen (secondary N) is 1. The van der Waals surface area contributed by atoms with E-state index in [-0.39, 0.29) is 44.7 Å². The number of amides is 2. The number of hydrogen-bond donors (Lipinski definition) is 4. The summed E-state index contributed by atoms with van der Waals surface area (Å²) in [6.45, 7) is 3.53. The van der Waals surface area contributed by atoms with Crippen molar-refractivity contribution >= 4 is 40.2 Å². The van der Waals surface area contributed by atoms with Crippen molar-refractivity contribution in [2.75, 3.05) is 26.8 Å². The maximum absolute atomic E-state index is 13.1. The molecule has 0 heterocycles. The van der Waals surface area contributed by atoms with Crippen molar-refractivity contribution in [3.8, 4) is 11.5 Å². The molecule has 212 valence electrons. The molecule has 2 rings (SSSR count). The van der Waals surface area contributed by atoms with E-state index in [9.17, 15) is 24.6 Å². The maximum Gasteiger partial charge on any atom is 0.290 e. The van der Waals surface area contributed by atoms with Crippen LogP contribution >= 0.6 is 22.6 Å². The molecule has 0 aromatic heterocycles. The zero-order valence-corrected chi connectivity index (χ0v) is 24.4. The lowest BCUT2D eigenvalue weighted by atomic mass is 9.87. The number of ketones is 1. The third-order valence-electron chi connectivity index (χ3n) is 6.41. The number of carbonyl (C=O) groups is 3. The fourth-order valence-electron chi connectivity index (χ4n) is 4.33. The van der Waals surface area contributed by atoms with E-state index in [2.05, 4.69) is 12.2 Å². The monoisotopic (exact) mass is 646 g/mol. The number of hydrogen-bond acceptors (Lipinski definition) is 8. The molecule has 2 amide bonds. The van der Waals surface area contributed by atoms with Crippen LogP contribution in [0.4, 0.5) is 0 Å². The molecule has 0 saturated carbocycles. The van der Waals surface area contributed by atoms with Crippen molar-refractivity contribution in [2.24, 2.45) is 0 Å². The number of halogens is 1. The van der Waals surface area contributed by atoms with Gasteiger partial charge in [0.15, 0.2) is 11.5 Å². The van der Waals surface area contributed by atoms with Crippen LogP contribution in [-0.4, -0.2) is 82.9 Å². The average molecular weight is 647 g/mol. The smallest absolute Gasteiger partial charge is 0.290 e. The number of carbonyl (C=O) groups excluding carboxylic acids is 3. The summed E-state index contributed by atoms with van der Waals surface area (Å²) in [5, 5.41) is 32.8. The van der Waals surface area contributed by atoms with Crippen LogP contribution in [0.1, 0.15) is 57.9 Å². The number of rotatable bonds is 15. The van der Waals surface area contributed by atoms with Crippen LogP contribution in [0.15, 0.2) is 23.8 Å². The van der Waals surface area contributed by atoms with Crippen LogP contribution in [0.25, 0.3) is 0 Å². The fraction of sp³-hybridized carbons (Fsp3) is 0.593.